The Balaban J connectivity index is 1.76. The van der Waals surface area contributed by atoms with Crippen molar-refractivity contribution in [3.63, 3.8) is 0 Å². The summed E-state index contributed by atoms with van der Waals surface area (Å²) in [5, 5.41) is 8.95. The van der Waals surface area contributed by atoms with Gasteiger partial charge in [-0.05, 0) is 63.0 Å². The van der Waals surface area contributed by atoms with Crippen LogP contribution in [-0.4, -0.2) is 67.9 Å². The van der Waals surface area contributed by atoms with Gasteiger partial charge in [0.2, 0.25) is 0 Å². The summed E-state index contributed by atoms with van der Waals surface area (Å²) in [6.07, 6.45) is 3.35. The van der Waals surface area contributed by atoms with Crippen LogP contribution in [0, 0.1) is 0 Å². The van der Waals surface area contributed by atoms with Crippen LogP contribution < -0.4 is 4.74 Å². The highest BCUT2D eigenvalue weighted by Crippen LogP contribution is 2.22. The number of methoxy groups -OCH3 is 1. The maximum Gasteiger partial charge on any atom is 0.118 e. The Morgan fingerprint density at radius 2 is 1.91 bits per heavy atom. The van der Waals surface area contributed by atoms with Crippen molar-refractivity contribution in [2.24, 2.45) is 0 Å². The third-order valence-electron chi connectivity index (χ3n) is 5.07. The summed E-state index contributed by atoms with van der Waals surface area (Å²) in [5.41, 5.74) is 1.38. The Morgan fingerprint density at radius 3 is 2.48 bits per heavy atom. The Labute approximate surface area is 141 Å². The van der Waals surface area contributed by atoms with Gasteiger partial charge in [-0.2, -0.15) is 0 Å². The highest BCUT2D eigenvalue weighted by molar-refractivity contribution is 5.29. The van der Waals surface area contributed by atoms with E-state index < -0.39 is 0 Å². The Morgan fingerprint density at radius 1 is 1.26 bits per heavy atom. The van der Waals surface area contributed by atoms with Gasteiger partial charge in [0.05, 0.1) is 7.11 Å². The predicted octanol–water partition coefficient (Wildman–Crippen LogP) is 2.58. The first-order valence-electron chi connectivity index (χ1n) is 8.81. The zero-order chi connectivity index (χ0) is 16.7. The van der Waals surface area contributed by atoms with Crippen LogP contribution in [0.25, 0.3) is 0 Å². The molecule has 4 heteroatoms. The van der Waals surface area contributed by atoms with E-state index >= 15 is 0 Å². The van der Waals surface area contributed by atoms with Gasteiger partial charge in [0, 0.05) is 25.7 Å². The lowest BCUT2D eigenvalue weighted by Gasteiger charge is -2.37. The van der Waals surface area contributed by atoms with E-state index in [0.29, 0.717) is 18.6 Å². The number of likely N-dealkylation sites (tertiary alicyclic amines) is 1. The van der Waals surface area contributed by atoms with Crippen molar-refractivity contribution >= 4 is 0 Å². The Bertz CT molecular complexity index is 441. The van der Waals surface area contributed by atoms with Gasteiger partial charge >= 0.3 is 0 Å². The molecule has 0 aromatic heterocycles. The summed E-state index contributed by atoms with van der Waals surface area (Å²) in [5.74, 6) is 1.47. The summed E-state index contributed by atoms with van der Waals surface area (Å²) >= 11 is 0. The molecule has 0 amide bonds. The third kappa shape index (κ3) is 5.48. The molecule has 1 fully saturated rings. The predicted molar refractivity (Wildman–Crippen MR) is 95.2 cm³/mol. The molecule has 4 nitrogen and oxygen atoms in total. The van der Waals surface area contributed by atoms with Gasteiger partial charge in [-0.1, -0.05) is 19.1 Å². The van der Waals surface area contributed by atoms with Crippen molar-refractivity contribution < 1.29 is 9.84 Å². The first kappa shape index (κ1) is 18.2. The van der Waals surface area contributed by atoms with Gasteiger partial charge < -0.3 is 19.6 Å². The minimum Gasteiger partial charge on any atom is -0.497 e. The number of nitrogens with zero attached hydrogens (tertiary/aromatic N) is 2. The number of aliphatic hydroxyl groups excluding tert-OH is 1. The molecule has 1 N–H and O–H groups in total. The molecule has 1 aromatic carbocycles. The van der Waals surface area contributed by atoms with E-state index in [9.17, 15) is 0 Å². The highest BCUT2D eigenvalue weighted by atomic mass is 16.5. The number of ether oxygens (including phenoxy) is 1. The summed E-state index contributed by atoms with van der Waals surface area (Å²) < 4.78 is 5.23. The molecule has 1 saturated heterocycles. The van der Waals surface area contributed by atoms with Gasteiger partial charge in [0.15, 0.2) is 0 Å². The molecule has 130 valence electrons. The first-order valence-corrected chi connectivity index (χ1v) is 8.81. The molecule has 0 aliphatic carbocycles. The van der Waals surface area contributed by atoms with Crippen LogP contribution in [0.1, 0.15) is 37.7 Å². The number of aliphatic hydroxyl groups is 1. The second kappa shape index (κ2) is 9.26. The maximum atomic E-state index is 8.95. The molecule has 1 aliphatic rings. The fraction of sp³-hybridized carbons (Fsp3) is 0.684. The van der Waals surface area contributed by atoms with Crippen LogP contribution in [0.15, 0.2) is 24.3 Å². The van der Waals surface area contributed by atoms with Crippen LogP contribution >= 0.6 is 0 Å². The number of hydrogen-bond acceptors (Lipinski definition) is 4. The molecule has 0 radical (unpaired) electrons. The van der Waals surface area contributed by atoms with E-state index in [4.69, 9.17) is 9.84 Å². The molecule has 1 unspecified atom stereocenters. The fourth-order valence-corrected chi connectivity index (χ4v) is 3.47. The van der Waals surface area contributed by atoms with Crippen molar-refractivity contribution in [1.82, 2.24) is 9.80 Å². The van der Waals surface area contributed by atoms with Crippen LogP contribution in [0.2, 0.25) is 0 Å². The topological polar surface area (TPSA) is 35.9 Å². The SMILES string of the molecule is COc1ccc(C(C)CN2CCC(N(C)CCCO)CC2)cc1. The number of rotatable bonds is 8. The molecule has 0 spiro atoms. The maximum absolute atomic E-state index is 8.95. The summed E-state index contributed by atoms with van der Waals surface area (Å²) in [7, 11) is 3.90. The standard InChI is InChI=1S/C19H32N2O2/c1-16(17-5-7-19(23-3)8-6-17)15-21-12-9-18(10-13-21)20(2)11-4-14-22/h5-8,16,18,22H,4,9-15H2,1-3H3. The van der Waals surface area contributed by atoms with E-state index in [2.05, 4.69) is 35.9 Å². The molecule has 0 saturated carbocycles. The van der Waals surface area contributed by atoms with Gasteiger partial charge in [0.25, 0.3) is 0 Å². The van der Waals surface area contributed by atoms with Crippen LogP contribution in [0.4, 0.5) is 0 Å². The lowest BCUT2D eigenvalue weighted by atomic mass is 9.97. The van der Waals surface area contributed by atoms with Crippen LogP contribution in [0.5, 0.6) is 5.75 Å². The molecule has 1 heterocycles. The van der Waals surface area contributed by atoms with Crippen LogP contribution in [0.3, 0.4) is 0 Å². The van der Waals surface area contributed by atoms with Crippen molar-refractivity contribution in [3.05, 3.63) is 29.8 Å². The quantitative estimate of drug-likeness (QED) is 0.799. The normalized spacial score (nSPS) is 18.3. The van der Waals surface area contributed by atoms with E-state index in [1.807, 2.05) is 12.1 Å². The van der Waals surface area contributed by atoms with Gasteiger partial charge in [-0.25, -0.2) is 0 Å². The molecule has 1 aromatic rings. The molecule has 0 bridgehead atoms. The van der Waals surface area contributed by atoms with Crippen molar-refractivity contribution in [2.45, 2.75) is 38.1 Å². The number of piperidine rings is 1. The molecule has 2 rings (SSSR count). The minimum absolute atomic E-state index is 0.294. The van der Waals surface area contributed by atoms with E-state index in [-0.39, 0.29) is 0 Å². The molecular formula is C19H32N2O2. The lowest BCUT2D eigenvalue weighted by molar-refractivity contribution is 0.118. The number of benzene rings is 1. The molecule has 1 aliphatic heterocycles. The Hall–Kier alpha value is -1.10. The minimum atomic E-state index is 0.294. The monoisotopic (exact) mass is 320 g/mol. The fourth-order valence-electron chi connectivity index (χ4n) is 3.47. The van der Waals surface area contributed by atoms with Crippen molar-refractivity contribution in [2.75, 3.05) is 46.9 Å². The zero-order valence-corrected chi connectivity index (χ0v) is 14.9. The molecular weight excluding hydrogens is 288 g/mol. The summed E-state index contributed by atoms with van der Waals surface area (Å²) in [6.45, 7) is 7.08. The van der Waals surface area contributed by atoms with E-state index in [1.165, 1.54) is 31.5 Å². The third-order valence-corrected chi connectivity index (χ3v) is 5.07. The number of hydrogen-bond donors (Lipinski definition) is 1. The molecule has 23 heavy (non-hydrogen) atoms. The Kier molecular flexibility index (Phi) is 7.34. The summed E-state index contributed by atoms with van der Waals surface area (Å²) in [6, 6.07) is 9.13. The van der Waals surface area contributed by atoms with Gasteiger partial charge in [-0.3, -0.25) is 0 Å². The van der Waals surface area contributed by atoms with Gasteiger partial charge in [-0.15, -0.1) is 0 Å². The largest absolute Gasteiger partial charge is 0.497 e. The van der Waals surface area contributed by atoms with Crippen molar-refractivity contribution in [1.29, 1.82) is 0 Å². The average molecular weight is 320 g/mol. The highest BCUT2D eigenvalue weighted by Gasteiger charge is 2.23. The molecule has 1 atom stereocenters. The van der Waals surface area contributed by atoms with Crippen LogP contribution in [-0.2, 0) is 0 Å². The first-order chi connectivity index (χ1) is 11.1. The average Bonchev–Trinajstić information content (AvgIpc) is 2.60. The second-order valence-electron chi connectivity index (χ2n) is 6.76. The lowest BCUT2D eigenvalue weighted by Crippen LogP contribution is -2.44. The van der Waals surface area contributed by atoms with E-state index in [0.717, 1.165) is 25.3 Å². The second-order valence-corrected chi connectivity index (χ2v) is 6.76. The van der Waals surface area contributed by atoms with E-state index in [1.54, 1.807) is 7.11 Å². The van der Waals surface area contributed by atoms with Crippen molar-refractivity contribution in [3.8, 4) is 5.75 Å². The summed E-state index contributed by atoms with van der Waals surface area (Å²) in [4.78, 5) is 5.01. The zero-order valence-electron chi connectivity index (χ0n) is 14.9. The smallest absolute Gasteiger partial charge is 0.118 e. The van der Waals surface area contributed by atoms with Gasteiger partial charge in [0.1, 0.15) is 5.75 Å².